The first-order valence-electron chi connectivity index (χ1n) is 3.29. The highest BCUT2D eigenvalue weighted by atomic mass is 16.4. The van der Waals surface area contributed by atoms with E-state index >= 15 is 0 Å². The quantitative estimate of drug-likeness (QED) is 0.588. The van der Waals surface area contributed by atoms with E-state index in [4.69, 9.17) is 5.11 Å². The molecule has 0 unspecified atom stereocenters. The fourth-order valence-corrected chi connectivity index (χ4v) is 0.576. The number of Topliss-reactive ketones (excluding diaryl/α,β-unsaturated/α-hetero) is 2. The molecule has 4 nitrogen and oxygen atoms in total. The van der Waals surface area contributed by atoms with Crippen molar-refractivity contribution in [1.29, 1.82) is 0 Å². The Hall–Kier alpha value is -1.19. The van der Waals surface area contributed by atoms with Crippen LogP contribution < -0.4 is 0 Å². The van der Waals surface area contributed by atoms with Gasteiger partial charge in [0.1, 0.15) is 0 Å². The van der Waals surface area contributed by atoms with Crippen molar-refractivity contribution in [3.8, 4) is 0 Å². The largest absolute Gasteiger partial charge is 0.481 e. The number of hydrogen-bond donors (Lipinski definition) is 1. The predicted octanol–water partition coefficient (Wildman–Crippen LogP) is 0.399. The van der Waals surface area contributed by atoms with Crippen molar-refractivity contribution in [1.82, 2.24) is 0 Å². The van der Waals surface area contributed by atoms with Crippen LogP contribution in [0.5, 0.6) is 0 Å². The molecule has 0 amide bonds. The van der Waals surface area contributed by atoms with E-state index in [2.05, 4.69) is 0 Å². The lowest BCUT2D eigenvalue weighted by Crippen LogP contribution is -2.09. The molecular weight excluding hydrogens is 148 g/mol. The molecular formula is C7H10O4. The number of carbonyl (C=O) groups excluding carboxylic acids is 2. The van der Waals surface area contributed by atoms with Crippen molar-refractivity contribution in [2.45, 2.75) is 26.2 Å². The van der Waals surface area contributed by atoms with Gasteiger partial charge in [-0.15, -0.1) is 0 Å². The van der Waals surface area contributed by atoms with E-state index in [0.29, 0.717) is 0 Å². The van der Waals surface area contributed by atoms with Crippen LogP contribution in [0.15, 0.2) is 0 Å². The molecule has 4 heteroatoms. The number of carboxylic acids is 1. The standard InChI is InChI=1S/C7H10O4/c1-5(8)6(9)3-2-4-7(10)11/h2-4H2,1H3,(H,10,11). The van der Waals surface area contributed by atoms with Gasteiger partial charge in [0.15, 0.2) is 11.6 Å². The van der Waals surface area contributed by atoms with E-state index < -0.39 is 17.5 Å². The van der Waals surface area contributed by atoms with E-state index in [0.717, 1.165) is 0 Å². The van der Waals surface area contributed by atoms with Crippen LogP contribution in [0.1, 0.15) is 26.2 Å². The summed E-state index contributed by atoms with van der Waals surface area (Å²) in [6.45, 7) is 1.18. The van der Waals surface area contributed by atoms with Crippen LogP contribution in [-0.4, -0.2) is 22.6 Å². The first-order chi connectivity index (χ1) is 5.04. The molecule has 1 N–H and O–H groups in total. The van der Waals surface area contributed by atoms with E-state index in [1.165, 1.54) is 6.92 Å². The molecule has 0 rings (SSSR count). The maximum absolute atomic E-state index is 10.6. The van der Waals surface area contributed by atoms with Gasteiger partial charge in [-0.2, -0.15) is 0 Å². The third kappa shape index (κ3) is 5.26. The number of rotatable bonds is 5. The van der Waals surface area contributed by atoms with Crippen LogP contribution in [-0.2, 0) is 14.4 Å². The highest BCUT2D eigenvalue weighted by Crippen LogP contribution is 1.96. The van der Waals surface area contributed by atoms with E-state index in [9.17, 15) is 14.4 Å². The van der Waals surface area contributed by atoms with Gasteiger partial charge < -0.3 is 5.11 Å². The molecule has 0 aromatic carbocycles. The van der Waals surface area contributed by atoms with Crippen LogP contribution in [0, 0.1) is 0 Å². The van der Waals surface area contributed by atoms with Crippen molar-refractivity contribution < 1.29 is 19.5 Å². The molecule has 62 valence electrons. The number of aliphatic carboxylic acids is 1. The molecule has 0 aromatic rings. The first-order valence-corrected chi connectivity index (χ1v) is 3.29. The van der Waals surface area contributed by atoms with Gasteiger partial charge in [0, 0.05) is 19.8 Å². The number of ketones is 2. The smallest absolute Gasteiger partial charge is 0.303 e. The highest BCUT2D eigenvalue weighted by Gasteiger charge is 2.07. The van der Waals surface area contributed by atoms with Gasteiger partial charge in [-0.05, 0) is 6.42 Å². The lowest BCUT2D eigenvalue weighted by molar-refractivity contribution is -0.138. The Morgan fingerprint density at radius 2 is 1.73 bits per heavy atom. The maximum Gasteiger partial charge on any atom is 0.303 e. The highest BCUT2D eigenvalue weighted by molar-refractivity contribution is 6.36. The molecule has 0 spiro atoms. The molecule has 0 heterocycles. The van der Waals surface area contributed by atoms with Crippen molar-refractivity contribution in [2.75, 3.05) is 0 Å². The summed E-state index contributed by atoms with van der Waals surface area (Å²) in [5, 5.41) is 8.17. The second-order valence-corrected chi connectivity index (χ2v) is 2.23. The SMILES string of the molecule is CC(=O)C(=O)CCCC(=O)O. The number of carboxylic acid groups (broad SMARTS) is 1. The van der Waals surface area contributed by atoms with Crippen LogP contribution >= 0.6 is 0 Å². The predicted molar refractivity (Wildman–Crippen MR) is 37.2 cm³/mol. The Balaban J connectivity index is 3.47. The Morgan fingerprint density at radius 1 is 1.18 bits per heavy atom. The molecule has 0 aliphatic rings. The van der Waals surface area contributed by atoms with Gasteiger partial charge in [-0.3, -0.25) is 14.4 Å². The third-order valence-corrected chi connectivity index (χ3v) is 1.19. The van der Waals surface area contributed by atoms with E-state index in [1.54, 1.807) is 0 Å². The fraction of sp³-hybridized carbons (Fsp3) is 0.571. The first kappa shape index (κ1) is 9.81. The van der Waals surface area contributed by atoms with E-state index in [-0.39, 0.29) is 19.3 Å². The molecule has 11 heavy (non-hydrogen) atoms. The minimum absolute atomic E-state index is 0.0433. The van der Waals surface area contributed by atoms with Crippen LogP contribution in [0.25, 0.3) is 0 Å². The summed E-state index contributed by atoms with van der Waals surface area (Å²) >= 11 is 0. The molecule has 0 aromatic heterocycles. The summed E-state index contributed by atoms with van der Waals surface area (Å²) in [4.78, 5) is 30.9. The average molecular weight is 158 g/mol. The Labute approximate surface area is 64.2 Å². The van der Waals surface area contributed by atoms with Crippen LogP contribution in [0.2, 0.25) is 0 Å². The zero-order valence-electron chi connectivity index (χ0n) is 6.29. The molecule has 0 bridgehead atoms. The Bertz CT molecular complexity index is 183. The summed E-state index contributed by atoms with van der Waals surface area (Å²) in [5.41, 5.74) is 0. The normalized spacial score (nSPS) is 9.18. The van der Waals surface area contributed by atoms with Crippen molar-refractivity contribution in [2.24, 2.45) is 0 Å². The van der Waals surface area contributed by atoms with Gasteiger partial charge in [-0.1, -0.05) is 0 Å². The fourth-order valence-electron chi connectivity index (χ4n) is 0.576. The summed E-state index contributed by atoms with van der Waals surface area (Å²) in [6.07, 6.45) is 0.231. The maximum atomic E-state index is 10.6. The Kier molecular flexibility index (Phi) is 4.10. The number of carbonyl (C=O) groups is 3. The zero-order chi connectivity index (χ0) is 8.85. The lowest BCUT2D eigenvalue weighted by atomic mass is 10.1. The molecule has 0 saturated carbocycles. The van der Waals surface area contributed by atoms with Gasteiger partial charge in [0.2, 0.25) is 0 Å². The van der Waals surface area contributed by atoms with Gasteiger partial charge >= 0.3 is 5.97 Å². The van der Waals surface area contributed by atoms with Crippen LogP contribution in [0.3, 0.4) is 0 Å². The molecule has 0 aliphatic carbocycles. The molecule has 0 saturated heterocycles. The molecule has 0 aliphatic heterocycles. The number of hydrogen-bond acceptors (Lipinski definition) is 3. The Morgan fingerprint density at radius 3 is 2.09 bits per heavy atom. The molecule has 0 atom stereocenters. The summed E-state index contributed by atoms with van der Waals surface area (Å²) in [6, 6.07) is 0. The topological polar surface area (TPSA) is 71.4 Å². The minimum Gasteiger partial charge on any atom is -0.481 e. The molecule has 0 fully saturated rings. The second-order valence-electron chi connectivity index (χ2n) is 2.23. The van der Waals surface area contributed by atoms with Gasteiger partial charge in [0.25, 0.3) is 0 Å². The van der Waals surface area contributed by atoms with Crippen molar-refractivity contribution >= 4 is 17.5 Å². The molecule has 0 radical (unpaired) electrons. The zero-order valence-corrected chi connectivity index (χ0v) is 6.29. The van der Waals surface area contributed by atoms with Crippen molar-refractivity contribution in [3.05, 3.63) is 0 Å². The van der Waals surface area contributed by atoms with Crippen molar-refractivity contribution in [3.63, 3.8) is 0 Å². The summed E-state index contributed by atoms with van der Waals surface area (Å²) < 4.78 is 0. The van der Waals surface area contributed by atoms with Crippen LogP contribution in [0.4, 0.5) is 0 Å². The van der Waals surface area contributed by atoms with Gasteiger partial charge in [-0.25, -0.2) is 0 Å². The summed E-state index contributed by atoms with van der Waals surface area (Å²) in [5.74, 6) is -1.94. The lowest BCUT2D eigenvalue weighted by Gasteiger charge is -1.92. The summed E-state index contributed by atoms with van der Waals surface area (Å²) in [7, 11) is 0. The average Bonchev–Trinajstić information content (AvgIpc) is 1.86. The monoisotopic (exact) mass is 158 g/mol. The minimum atomic E-state index is -0.943. The van der Waals surface area contributed by atoms with Gasteiger partial charge in [0.05, 0.1) is 0 Å². The van der Waals surface area contributed by atoms with E-state index in [1.807, 2.05) is 0 Å². The third-order valence-electron chi connectivity index (χ3n) is 1.19. The second kappa shape index (κ2) is 4.60.